The summed E-state index contributed by atoms with van der Waals surface area (Å²) in [5.74, 6) is 1.01. The number of nitrogens with zero attached hydrogens (tertiary/aromatic N) is 6. The summed E-state index contributed by atoms with van der Waals surface area (Å²) >= 11 is 1.29. The third-order valence-corrected chi connectivity index (χ3v) is 6.21. The van der Waals surface area contributed by atoms with E-state index in [9.17, 15) is 10.4 Å². The Morgan fingerprint density at radius 3 is 2.68 bits per heavy atom. The average Bonchev–Trinajstić information content (AvgIpc) is 3.48. The molecule has 5 rings (SSSR count). The summed E-state index contributed by atoms with van der Waals surface area (Å²) in [6.07, 6.45) is 3.44. The van der Waals surface area contributed by atoms with E-state index >= 15 is 0 Å². The fraction of sp³-hybridized carbons (Fsp3) is 0.0800. The number of hydrogen-bond donors (Lipinski definition) is 2. The van der Waals surface area contributed by atoms with Gasteiger partial charge in [-0.15, -0.1) is 10.2 Å². The van der Waals surface area contributed by atoms with Gasteiger partial charge in [0.15, 0.2) is 16.8 Å². The third kappa shape index (κ3) is 4.02. The minimum absolute atomic E-state index is 0.0891. The first-order valence-electron chi connectivity index (χ1n) is 10.5. The van der Waals surface area contributed by atoms with Crippen LogP contribution in [0.3, 0.4) is 0 Å². The molecule has 9 heteroatoms. The number of rotatable bonds is 6. The molecule has 5 aromatic rings. The molecule has 8 nitrogen and oxygen atoms in total. The predicted molar refractivity (Wildman–Crippen MR) is 131 cm³/mol. The monoisotopic (exact) mass is 465 g/mol. The molecule has 0 saturated heterocycles. The smallest absolute Gasteiger partial charge is 0.196 e. The van der Waals surface area contributed by atoms with Gasteiger partial charge < -0.3 is 10.1 Å². The Balaban J connectivity index is 1.51. The van der Waals surface area contributed by atoms with Crippen LogP contribution in [0.5, 0.6) is 0 Å². The van der Waals surface area contributed by atoms with Crippen molar-refractivity contribution in [2.45, 2.75) is 12.1 Å². The number of aromatic amines is 1. The molecule has 34 heavy (non-hydrogen) atoms. The molecule has 2 N–H and O–H groups in total. The summed E-state index contributed by atoms with van der Waals surface area (Å²) in [5, 5.41) is 29.9. The van der Waals surface area contributed by atoms with E-state index in [0.29, 0.717) is 16.8 Å². The maximum atomic E-state index is 10.8. The number of aromatic nitrogens is 6. The molecule has 0 atom stereocenters. The Morgan fingerprint density at radius 2 is 1.91 bits per heavy atom. The van der Waals surface area contributed by atoms with Crippen molar-refractivity contribution < 1.29 is 5.11 Å². The molecule has 2 aromatic carbocycles. The fourth-order valence-corrected chi connectivity index (χ4v) is 4.43. The van der Waals surface area contributed by atoms with E-state index in [4.69, 9.17) is 0 Å². The lowest BCUT2D eigenvalue weighted by atomic mass is 10.2. The average molecular weight is 466 g/mol. The quantitative estimate of drug-likeness (QED) is 0.204. The molecule has 0 aliphatic carbocycles. The second-order valence-electron chi connectivity index (χ2n) is 7.49. The first-order chi connectivity index (χ1) is 16.7. The van der Waals surface area contributed by atoms with Crippen molar-refractivity contribution in [1.82, 2.24) is 29.7 Å². The van der Waals surface area contributed by atoms with E-state index in [1.165, 1.54) is 11.8 Å². The first-order valence-corrected chi connectivity index (χ1v) is 11.5. The van der Waals surface area contributed by atoms with Gasteiger partial charge in [-0.1, -0.05) is 42.1 Å². The second kappa shape index (κ2) is 9.21. The molecule has 3 heterocycles. The Kier molecular flexibility index (Phi) is 5.81. The Morgan fingerprint density at radius 1 is 1.09 bits per heavy atom. The number of pyridine rings is 1. The lowest BCUT2D eigenvalue weighted by Gasteiger charge is -2.12. The van der Waals surface area contributed by atoms with Crippen LogP contribution in [0.4, 0.5) is 0 Å². The zero-order valence-electron chi connectivity index (χ0n) is 18.2. The number of imidazole rings is 1. The van der Waals surface area contributed by atoms with E-state index in [1.807, 2.05) is 72.2 Å². The Hall–Kier alpha value is -4.42. The third-order valence-electron chi connectivity index (χ3n) is 5.27. The number of aliphatic hydroxyl groups excluding tert-OH is 1. The molecule has 0 radical (unpaired) electrons. The number of H-pyrrole nitrogens is 1. The van der Waals surface area contributed by atoms with Gasteiger partial charge in [0, 0.05) is 18.0 Å². The van der Waals surface area contributed by atoms with Gasteiger partial charge in [-0.2, -0.15) is 5.26 Å². The summed E-state index contributed by atoms with van der Waals surface area (Å²) < 4.78 is 1.94. The number of thioether (sulfide) groups is 1. The van der Waals surface area contributed by atoms with Crippen molar-refractivity contribution in [3.8, 4) is 23.1 Å². The largest absolute Gasteiger partial charge is 0.510 e. The van der Waals surface area contributed by atoms with Gasteiger partial charge in [-0.3, -0.25) is 9.55 Å². The maximum Gasteiger partial charge on any atom is 0.196 e. The van der Waals surface area contributed by atoms with Crippen LogP contribution in [0.25, 0.3) is 33.7 Å². The zero-order chi connectivity index (χ0) is 23.5. The van der Waals surface area contributed by atoms with Gasteiger partial charge in [-0.05, 0) is 42.8 Å². The van der Waals surface area contributed by atoms with Crippen molar-refractivity contribution >= 4 is 28.4 Å². The number of fused-ring (bicyclic) bond motifs is 1. The van der Waals surface area contributed by atoms with Crippen molar-refractivity contribution in [1.29, 1.82) is 5.26 Å². The number of nitriles is 1. The summed E-state index contributed by atoms with van der Waals surface area (Å²) in [6, 6.07) is 21.3. The molecule has 0 spiro atoms. The summed E-state index contributed by atoms with van der Waals surface area (Å²) in [7, 11) is 0. The number of allylic oxidation sites excluding steroid dienone is 1. The summed E-state index contributed by atoms with van der Waals surface area (Å²) in [6.45, 7) is 2.02. The highest BCUT2D eigenvalue weighted by Gasteiger charge is 2.19. The van der Waals surface area contributed by atoms with Crippen LogP contribution in [-0.4, -0.2) is 40.6 Å². The number of hydrogen-bond acceptors (Lipinski definition) is 7. The number of aliphatic hydroxyl groups is 1. The van der Waals surface area contributed by atoms with Crippen LogP contribution >= 0.6 is 11.8 Å². The number of nitrogens with one attached hydrogen (secondary N) is 1. The molecule has 166 valence electrons. The van der Waals surface area contributed by atoms with Crippen LogP contribution in [0.1, 0.15) is 11.4 Å². The highest BCUT2D eigenvalue weighted by molar-refractivity contribution is 7.99. The van der Waals surface area contributed by atoms with Crippen LogP contribution in [-0.2, 0) is 0 Å². The SMILES string of the molecule is Cc1ccccc1-n1c(SC/C(O)=C(/C#N)c2nc3ccccc3[nH]2)nnc1-c1cccnc1. The fourth-order valence-electron chi connectivity index (χ4n) is 3.61. The Bertz CT molecular complexity index is 1510. The van der Waals surface area contributed by atoms with Gasteiger partial charge in [0.1, 0.15) is 17.4 Å². The lowest BCUT2D eigenvalue weighted by molar-refractivity contribution is 0.420. The highest BCUT2D eigenvalue weighted by Crippen LogP contribution is 2.30. The van der Waals surface area contributed by atoms with Gasteiger partial charge in [0.2, 0.25) is 0 Å². The standard InChI is InChI=1S/C25H19N7OS/c1-16-7-2-5-11-21(16)32-24(17-8-6-12-27-14-17)30-31-25(32)34-15-22(33)18(13-26)23-28-19-9-3-4-10-20(19)29-23/h2-12,14,33H,15H2,1H3,(H,28,29)/b22-18+. The van der Waals surface area contributed by atoms with Gasteiger partial charge in [0.05, 0.1) is 22.5 Å². The molecule has 0 saturated carbocycles. The van der Waals surface area contributed by atoms with E-state index in [2.05, 4.69) is 31.2 Å². The van der Waals surface area contributed by atoms with Crippen molar-refractivity contribution in [3.63, 3.8) is 0 Å². The topological polar surface area (TPSA) is 116 Å². The number of para-hydroxylation sites is 3. The molecule has 0 fully saturated rings. The lowest BCUT2D eigenvalue weighted by Crippen LogP contribution is -2.03. The molecule has 0 bridgehead atoms. The van der Waals surface area contributed by atoms with E-state index in [1.54, 1.807) is 12.4 Å². The van der Waals surface area contributed by atoms with Crippen LogP contribution in [0.2, 0.25) is 0 Å². The molecule has 3 aromatic heterocycles. The summed E-state index contributed by atoms with van der Waals surface area (Å²) in [5.41, 5.74) is 4.42. The van der Waals surface area contributed by atoms with Crippen molar-refractivity contribution in [3.05, 3.63) is 90.2 Å². The first kappa shape index (κ1) is 21.4. The van der Waals surface area contributed by atoms with Crippen molar-refractivity contribution in [2.24, 2.45) is 0 Å². The molecule has 0 amide bonds. The number of aryl methyl sites for hydroxylation is 1. The highest BCUT2D eigenvalue weighted by atomic mass is 32.2. The molecule has 0 unspecified atom stereocenters. The molecule has 0 aliphatic rings. The van der Waals surface area contributed by atoms with Crippen molar-refractivity contribution in [2.75, 3.05) is 5.75 Å². The van der Waals surface area contributed by atoms with E-state index < -0.39 is 0 Å². The Labute approximate surface area is 199 Å². The number of benzene rings is 2. The molecule has 0 aliphatic heterocycles. The second-order valence-corrected chi connectivity index (χ2v) is 8.44. The van der Waals surface area contributed by atoms with Gasteiger partial charge in [0.25, 0.3) is 0 Å². The van der Waals surface area contributed by atoms with Gasteiger partial charge in [-0.25, -0.2) is 4.98 Å². The minimum atomic E-state index is -0.0891. The van der Waals surface area contributed by atoms with Crippen LogP contribution in [0.15, 0.2) is 84.0 Å². The predicted octanol–water partition coefficient (Wildman–Crippen LogP) is 5.10. The zero-order valence-corrected chi connectivity index (χ0v) is 19.0. The van der Waals surface area contributed by atoms with Crippen LogP contribution < -0.4 is 0 Å². The molecular formula is C25H19N7OS. The van der Waals surface area contributed by atoms with Crippen LogP contribution in [0, 0.1) is 18.3 Å². The van der Waals surface area contributed by atoms with E-state index in [0.717, 1.165) is 27.8 Å². The minimum Gasteiger partial charge on any atom is -0.510 e. The molecular weight excluding hydrogens is 446 g/mol. The van der Waals surface area contributed by atoms with Gasteiger partial charge >= 0.3 is 0 Å². The normalized spacial score (nSPS) is 11.9. The summed E-state index contributed by atoms with van der Waals surface area (Å²) in [4.78, 5) is 11.7. The maximum absolute atomic E-state index is 10.8. The van der Waals surface area contributed by atoms with E-state index in [-0.39, 0.29) is 17.1 Å².